The predicted octanol–water partition coefficient (Wildman–Crippen LogP) is 1.28. The Morgan fingerprint density at radius 2 is 2.21 bits per heavy atom. The van der Waals surface area contributed by atoms with Crippen LogP contribution in [0.1, 0.15) is 26.7 Å². The van der Waals surface area contributed by atoms with E-state index in [1.54, 1.807) is 0 Å². The number of esters is 1. The van der Waals surface area contributed by atoms with Gasteiger partial charge in [-0.15, -0.1) is 0 Å². The van der Waals surface area contributed by atoms with Gasteiger partial charge in [-0.3, -0.25) is 4.79 Å². The maximum absolute atomic E-state index is 11.9. The van der Waals surface area contributed by atoms with Gasteiger partial charge in [-0.05, 0) is 25.7 Å². The van der Waals surface area contributed by atoms with Crippen LogP contribution in [0.5, 0.6) is 0 Å². The van der Waals surface area contributed by atoms with E-state index in [1.165, 1.54) is 0 Å². The lowest BCUT2D eigenvalue weighted by atomic mass is 9.77. The summed E-state index contributed by atoms with van der Waals surface area (Å²) in [6.07, 6.45) is 1.10. The Kier molecular flexibility index (Phi) is 2.14. The second-order valence-corrected chi connectivity index (χ2v) is 6.86. The van der Waals surface area contributed by atoms with Crippen LogP contribution in [0.4, 0.5) is 0 Å². The molecule has 19 heavy (non-hydrogen) atoms. The van der Waals surface area contributed by atoms with Crippen LogP contribution in [0.3, 0.4) is 0 Å². The van der Waals surface area contributed by atoms with Gasteiger partial charge in [-0.25, -0.2) is 0 Å². The van der Waals surface area contributed by atoms with Crippen molar-refractivity contribution in [3.63, 3.8) is 0 Å². The first-order valence-electron chi connectivity index (χ1n) is 7.17. The second kappa shape index (κ2) is 3.41. The Hall–Kier alpha value is -0.870. The summed E-state index contributed by atoms with van der Waals surface area (Å²) in [4.78, 5) is 11.9. The Morgan fingerprint density at radius 3 is 2.95 bits per heavy atom. The summed E-state index contributed by atoms with van der Waals surface area (Å²) >= 11 is 0. The van der Waals surface area contributed by atoms with Crippen molar-refractivity contribution in [2.45, 2.75) is 50.6 Å². The molecule has 0 spiro atoms. The predicted molar refractivity (Wildman–Crippen MR) is 67.2 cm³/mol. The molecule has 0 unspecified atom stereocenters. The number of hydrogen-bond donors (Lipinski definition) is 1. The average molecular weight is 264 g/mol. The highest BCUT2D eigenvalue weighted by Crippen LogP contribution is 2.63. The van der Waals surface area contributed by atoms with E-state index >= 15 is 0 Å². The van der Waals surface area contributed by atoms with Gasteiger partial charge >= 0.3 is 5.97 Å². The van der Waals surface area contributed by atoms with Crippen molar-refractivity contribution in [1.29, 1.82) is 0 Å². The van der Waals surface area contributed by atoms with E-state index < -0.39 is 6.10 Å². The normalized spacial score (nSPS) is 59.0. The molecule has 4 rings (SSSR count). The van der Waals surface area contributed by atoms with Crippen LogP contribution in [-0.4, -0.2) is 35.0 Å². The van der Waals surface area contributed by atoms with E-state index in [2.05, 4.69) is 13.5 Å². The molecule has 4 nitrogen and oxygen atoms in total. The molecule has 0 radical (unpaired) electrons. The van der Waals surface area contributed by atoms with Crippen molar-refractivity contribution in [3.05, 3.63) is 12.2 Å². The Labute approximate surface area is 112 Å². The Bertz CT molecular complexity index is 473. The number of carbonyl (C=O) groups excluding carboxylic acids is 1. The van der Waals surface area contributed by atoms with E-state index in [4.69, 9.17) is 9.47 Å². The number of hydrogen-bond acceptors (Lipinski definition) is 4. The average Bonchev–Trinajstić information content (AvgIpc) is 2.79. The van der Waals surface area contributed by atoms with Gasteiger partial charge in [0.1, 0.15) is 6.10 Å². The number of fused-ring (bicyclic) bond motifs is 5. The number of aliphatic hydroxyl groups is 1. The van der Waals surface area contributed by atoms with Crippen molar-refractivity contribution >= 4 is 5.97 Å². The van der Waals surface area contributed by atoms with Crippen LogP contribution in [0, 0.1) is 23.7 Å². The molecule has 8 atom stereocenters. The van der Waals surface area contributed by atoms with Crippen molar-refractivity contribution in [2.24, 2.45) is 23.7 Å². The summed E-state index contributed by atoms with van der Waals surface area (Å²) in [6.45, 7) is 8.14. The van der Waals surface area contributed by atoms with E-state index in [0.717, 1.165) is 12.0 Å². The lowest BCUT2D eigenvalue weighted by Crippen LogP contribution is -2.40. The van der Waals surface area contributed by atoms with Gasteiger partial charge in [-0.1, -0.05) is 19.1 Å². The zero-order chi connectivity index (χ0) is 13.5. The minimum absolute atomic E-state index is 0.112. The van der Waals surface area contributed by atoms with E-state index in [9.17, 15) is 9.90 Å². The van der Waals surface area contributed by atoms with Crippen molar-refractivity contribution in [2.75, 3.05) is 0 Å². The lowest BCUT2D eigenvalue weighted by molar-refractivity contribution is -0.147. The molecule has 0 amide bonds. The van der Waals surface area contributed by atoms with Gasteiger partial charge in [0, 0.05) is 11.8 Å². The molecule has 2 aliphatic carbocycles. The number of rotatable bonds is 0. The standard InChI is InChI=1S/C15H20O4/c1-6-4-9(16)11-7(2)14(17)18-13(11)12-8(6)5-10-15(12,3)19-10/h7-13,16H,1,4-5H2,2-3H3/t7-,8-,9+,10+,11+,12-,13+,15-/m0/s1. The lowest BCUT2D eigenvalue weighted by Gasteiger charge is -2.31. The molecule has 2 heterocycles. The maximum atomic E-state index is 11.9. The molecule has 2 saturated carbocycles. The molecular weight excluding hydrogens is 244 g/mol. The summed E-state index contributed by atoms with van der Waals surface area (Å²) in [6, 6.07) is 0. The number of aliphatic hydroxyl groups excluding tert-OH is 1. The molecule has 4 heteroatoms. The minimum atomic E-state index is -0.523. The second-order valence-electron chi connectivity index (χ2n) is 6.86. The molecule has 2 aliphatic heterocycles. The summed E-state index contributed by atoms with van der Waals surface area (Å²) in [5.41, 5.74) is 0.928. The Balaban J connectivity index is 1.78. The van der Waals surface area contributed by atoms with Crippen LogP contribution in [0.2, 0.25) is 0 Å². The topological polar surface area (TPSA) is 59.1 Å². The van der Waals surface area contributed by atoms with E-state index in [-0.39, 0.29) is 41.5 Å². The van der Waals surface area contributed by atoms with Crippen molar-refractivity contribution < 1.29 is 19.4 Å². The molecule has 4 fully saturated rings. The van der Waals surface area contributed by atoms with Crippen LogP contribution < -0.4 is 0 Å². The molecule has 2 saturated heterocycles. The number of carbonyl (C=O) groups is 1. The molecule has 0 aromatic heterocycles. The molecule has 0 bridgehead atoms. The molecule has 104 valence electrons. The highest BCUT2D eigenvalue weighted by molar-refractivity contribution is 5.75. The summed E-state index contributed by atoms with van der Waals surface area (Å²) in [5.74, 6) is -0.0208. The van der Waals surface area contributed by atoms with Crippen molar-refractivity contribution in [1.82, 2.24) is 0 Å². The number of epoxide rings is 1. The van der Waals surface area contributed by atoms with E-state index in [0.29, 0.717) is 12.3 Å². The van der Waals surface area contributed by atoms with Gasteiger partial charge in [-0.2, -0.15) is 0 Å². The molecular formula is C15H20O4. The SMILES string of the molecule is C=C1C[C@@H](O)[C@@H]2[C@@H](OC(=O)[C@H]2C)[C@@H]2[C@H]1C[C@H]1O[C@]21C. The third-order valence-corrected chi connectivity index (χ3v) is 5.92. The zero-order valence-electron chi connectivity index (χ0n) is 11.3. The summed E-state index contributed by atoms with van der Waals surface area (Å²) in [5, 5.41) is 10.4. The van der Waals surface area contributed by atoms with Gasteiger partial charge in [0.05, 0.1) is 23.7 Å². The monoisotopic (exact) mass is 264 g/mol. The van der Waals surface area contributed by atoms with Crippen LogP contribution in [-0.2, 0) is 14.3 Å². The molecule has 0 aromatic carbocycles. The molecule has 0 aromatic rings. The van der Waals surface area contributed by atoms with Crippen LogP contribution in [0.25, 0.3) is 0 Å². The third kappa shape index (κ3) is 1.34. The first-order valence-corrected chi connectivity index (χ1v) is 7.17. The highest BCUT2D eigenvalue weighted by Gasteiger charge is 2.71. The van der Waals surface area contributed by atoms with Crippen LogP contribution >= 0.6 is 0 Å². The van der Waals surface area contributed by atoms with Crippen molar-refractivity contribution in [3.8, 4) is 0 Å². The first-order chi connectivity index (χ1) is 8.93. The third-order valence-electron chi connectivity index (χ3n) is 5.92. The first kappa shape index (κ1) is 11.9. The summed E-state index contributed by atoms with van der Waals surface area (Å²) < 4.78 is 11.4. The fraction of sp³-hybridized carbons (Fsp3) is 0.800. The quantitative estimate of drug-likeness (QED) is 0.407. The van der Waals surface area contributed by atoms with Gasteiger partial charge in [0.15, 0.2) is 0 Å². The molecule has 1 N–H and O–H groups in total. The van der Waals surface area contributed by atoms with Gasteiger partial charge < -0.3 is 14.6 Å². The minimum Gasteiger partial charge on any atom is -0.461 e. The fourth-order valence-electron chi connectivity index (χ4n) is 4.78. The van der Waals surface area contributed by atoms with Gasteiger partial charge in [0.25, 0.3) is 0 Å². The van der Waals surface area contributed by atoms with Gasteiger partial charge in [0.2, 0.25) is 0 Å². The summed E-state index contributed by atoms with van der Waals surface area (Å²) in [7, 11) is 0. The Morgan fingerprint density at radius 1 is 1.47 bits per heavy atom. The fourth-order valence-corrected chi connectivity index (χ4v) is 4.78. The zero-order valence-corrected chi connectivity index (χ0v) is 11.3. The van der Waals surface area contributed by atoms with Crippen LogP contribution in [0.15, 0.2) is 12.2 Å². The molecule has 4 aliphatic rings. The maximum Gasteiger partial charge on any atom is 0.309 e. The number of ether oxygens (including phenoxy) is 2. The smallest absolute Gasteiger partial charge is 0.309 e. The van der Waals surface area contributed by atoms with E-state index in [1.807, 2.05) is 6.92 Å². The largest absolute Gasteiger partial charge is 0.461 e. The highest BCUT2D eigenvalue weighted by atomic mass is 16.6.